The minimum Gasteiger partial charge on any atom is -1.00 e. The molecule has 0 atom stereocenters. The number of rotatable bonds is 0. The van der Waals surface area contributed by atoms with Crippen LogP contribution in [0.25, 0.3) is 0 Å². The van der Waals surface area contributed by atoms with Crippen LogP contribution in [-0.4, -0.2) is 0 Å². The summed E-state index contributed by atoms with van der Waals surface area (Å²) < 4.78 is 0. The summed E-state index contributed by atoms with van der Waals surface area (Å²) >= 11 is 0. The topological polar surface area (TPSA) is 0 Å². The Morgan fingerprint density at radius 2 is 0.905 bits per heavy atom. The quantitative estimate of drug-likeness (QED) is 0.417. The van der Waals surface area contributed by atoms with Crippen LogP contribution in [0.1, 0.15) is 11.1 Å². The van der Waals surface area contributed by atoms with Gasteiger partial charge in [0.05, 0.1) is 0 Å². The van der Waals surface area contributed by atoms with Crippen LogP contribution in [0.3, 0.4) is 0 Å². The fourth-order valence-corrected chi connectivity index (χ4v) is 1.28. The van der Waals surface area contributed by atoms with E-state index in [0.29, 0.717) is 0 Å². The van der Waals surface area contributed by atoms with Crippen molar-refractivity contribution in [2.75, 3.05) is 0 Å². The first-order valence-corrected chi connectivity index (χ1v) is 6.20. The zero-order chi connectivity index (χ0) is 13.8. The summed E-state index contributed by atoms with van der Waals surface area (Å²) in [6, 6.07) is 29.7. The van der Waals surface area contributed by atoms with E-state index in [4.69, 9.17) is 0 Å². The molecular weight excluding hydrogens is 356 g/mol. The van der Waals surface area contributed by atoms with E-state index in [9.17, 15) is 0 Å². The van der Waals surface area contributed by atoms with Crippen molar-refractivity contribution < 1.29 is 38.7 Å². The predicted octanol–water partition coefficient (Wildman–Crippen LogP) is 2.14. The fourth-order valence-electron chi connectivity index (χ4n) is 1.28. The Bertz CT molecular complexity index is 449. The van der Waals surface area contributed by atoms with Crippen LogP contribution in [0.2, 0.25) is 0 Å². The molecule has 3 rings (SSSR count). The molecule has 0 aliphatic heterocycles. The van der Waals surface area contributed by atoms with Crippen LogP contribution in [0.15, 0.2) is 91.0 Å². The minimum atomic E-state index is 0. The zero-order valence-electron chi connectivity index (χ0n) is 12.0. The molecule has 0 unspecified atom stereocenters. The van der Waals surface area contributed by atoms with E-state index >= 15 is 0 Å². The second-order valence-electron chi connectivity index (χ2n) is 3.93. The molecule has 0 saturated carbocycles. The van der Waals surface area contributed by atoms with Crippen LogP contribution in [-0.2, 0) is 21.7 Å². The minimum absolute atomic E-state index is 0. The van der Waals surface area contributed by atoms with Gasteiger partial charge in [-0.3, -0.25) is 0 Å². The molecule has 0 heterocycles. The Hall–Kier alpha value is -1.28. The van der Waals surface area contributed by atoms with Gasteiger partial charge in [-0.05, 0) is 0 Å². The van der Waals surface area contributed by atoms with Crippen molar-refractivity contribution in [1.82, 2.24) is 0 Å². The summed E-state index contributed by atoms with van der Waals surface area (Å²) in [5, 5.41) is 0. The molecule has 0 fully saturated rings. The van der Waals surface area contributed by atoms with Crippen molar-refractivity contribution in [2.45, 2.75) is 0 Å². The normalized spacial score (nSPS) is 7.62. The van der Waals surface area contributed by atoms with Crippen molar-refractivity contribution in [3.05, 3.63) is 116 Å². The van der Waals surface area contributed by atoms with E-state index in [-0.39, 0.29) is 38.7 Å². The monoisotopic (exact) mass is 374 g/mol. The van der Waals surface area contributed by atoms with Crippen LogP contribution < -0.4 is 17.0 Å². The molecule has 0 saturated heterocycles. The summed E-state index contributed by atoms with van der Waals surface area (Å²) in [5.74, 6) is 0. The second-order valence-corrected chi connectivity index (χ2v) is 3.93. The summed E-state index contributed by atoms with van der Waals surface area (Å²) in [4.78, 5) is 0. The SMILES string of the molecule is [Br-].[CH2-]c1ccccc1.[CH2-]c1ccccc1.[Ti+4].c1cc[cH-]c1. The molecular formula is C19H19BrTi. The maximum atomic E-state index is 3.72. The Labute approximate surface area is 154 Å². The molecule has 0 spiro atoms. The molecule has 0 bridgehead atoms. The van der Waals surface area contributed by atoms with Crippen LogP contribution >= 0.6 is 0 Å². The molecule has 2 heteroatoms. The molecule has 106 valence electrons. The fraction of sp³-hybridized carbons (Fsp3) is 0. The van der Waals surface area contributed by atoms with Gasteiger partial charge >= 0.3 is 21.7 Å². The molecule has 3 aromatic rings. The van der Waals surface area contributed by atoms with Gasteiger partial charge in [-0.25, -0.2) is 12.1 Å². The van der Waals surface area contributed by atoms with Crippen molar-refractivity contribution in [1.29, 1.82) is 0 Å². The summed E-state index contributed by atoms with van der Waals surface area (Å²) in [6.07, 6.45) is 0. The molecule has 0 N–H and O–H groups in total. The molecule has 0 aliphatic rings. The summed E-state index contributed by atoms with van der Waals surface area (Å²) in [5.41, 5.74) is 2.14. The van der Waals surface area contributed by atoms with Gasteiger partial charge < -0.3 is 17.0 Å². The predicted molar refractivity (Wildman–Crippen MR) is 83.8 cm³/mol. The summed E-state index contributed by atoms with van der Waals surface area (Å²) in [6.45, 7) is 7.44. The van der Waals surface area contributed by atoms with Crippen molar-refractivity contribution >= 4 is 0 Å². The second kappa shape index (κ2) is 15.1. The standard InChI is InChI=1S/2C7H7.C5H5.BrH.Ti/c2*1-7-5-3-2-4-6-7;1-2-4-5-3-1;;/h2*2-6H,1H2;1-5H;1H;/q3*-1;;+4/p-1. The van der Waals surface area contributed by atoms with Gasteiger partial charge in [0.1, 0.15) is 0 Å². The van der Waals surface area contributed by atoms with Gasteiger partial charge in [-0.1, -0.05) is 12.1 Å². The van der Waals surface area contributed by atoms with Crippen molar-refractivity contribution in [3.63, 3.8) is 0 Å². The zero-order valence-corrected chi connectivity index (χ0v) is 15.1. The maximum absolute atomic E-state index is 3.72. The van der Waals surface area contributed by atoms with E-state index in [0.717, 1.165) is 11.1 Å². The first-order chi connectivity index (χ1) is 9.29. The first-order valence-electron chi connectivity index (χ1n) is 6.20. The average molecular weight is 375 g/mol. The van der Waals surface area contributed by atoms with E-state index < -0.39 is 0 Å². The summed E-state index contributed by atoms with van der Waals surface area (Å²) in [7, 11) is 0. The molecule has 21 heavy (non-hydrogen) atoms. The largest absolute Gasteiger partial charge is 4.00 e. The molecule has 0 radical (unpaired) electrons. The van der Waals surface area contributed by atoms with E-state index in [2.05, 4.69) is 13.8 Å². The van der Waals surface area contributed by atoms with Crippen molar-refractivity contribution in [3.8, 4) is 0 Å². The van der Waals surface area contributed by atoms with Gasteiger partial charge in [0.25, 0.3) is 0 Å². The van der Waals surface area contributed by atoms with Gasteiger partial charge in [0.2, 0.25) is 0 Å². The molecule has 0 aliphatic carbocycles. The van der Waals surface area contributed by atoms with Crippen LogP contribution in [0.5, 0.6) is 0 Å². The van der Waals surface area contributed by atoms with Crippen molar-refractivity contribution in [2.24, 2.45) is 0 Å². The Morgan fingerprint density at radius 1 is 0.571 bits per heavy atom. The van der Waals surface area contributed by atoms with E-state index in [1.54, 1.807) is 0 Å². The number of hydrogen-bond acceptors (Lipinski definition) is 0. The van der Waals surface area contributed by atoms with Gasteiger partial charge in [0, 0.05) is 0 Å². The van der Waals surface area contributed by atoms with Gasteiger partial charge in [0.15, 0.2) is 0 Å². The number of benzene rings is 2. The Kier molecular flexibility index (Phi) is 15.8. The number of hydrogen-bond donors (Lipinski definition) is 0. The Balaban J connectivity index is 0. The molecule has 0 nitrogen and oxygen atoms in total. The van der Waals surface area contributed by atoms with Gasteiger partial charge in [-0.2, -0.15) is 67.4 Å². The third kappa shape index (κ3) is 13.5. The van der Waals surface area contributed by atoms with Crippen LogP contribution in [0.4, 0.5) is 0 Å². The average Bonchev–Trinajstić information content (AvgIpc) is 3.00. The van der Waals surface area contributed by atoms with E-state index in [1.807, 2.05) is 91.0 Å². The molecule has 3 aromatic carbocycles. The van der Waals surface area contributed by atoms with E-state index in [1.165, 1.54) is 0 Å². The third-order valence-corrected chi connectivity index (χ3v) is 2.24. The first kappa shape index (κ1) is 22.0. The third-order valence-electron chi connectivity index (χ3n) is 2.24. The Morgan fingerprint density at radius 3 is 1.05 bits per heavy atom. The maximum Gasteiger partial charge on any atom is 4.00 e. The molecule has 0 amide bonds. The van der Waals surface area contributed by atoms with Gasteiger partial charge in [-0.15, -0.1) is 24.3 Å². The van der Waals surface area contributed by atoms with Crippen LogP contribution in [0, 0.1) is 13.8 Å². The smallest absolute Gasteiger partial charge is 1.00 e. The molecule has 0 aromatic heterocycles. The number of halogens is 1.